The van der Waals surface area contributed by atoms with E-state index in [1.54, 1.807) is 12.1 Å². The summed E-state index contributed by atoms with van der Waals surface area (Å²) >= 11 is 5.28. The third kappa shape index (κ3) is 8.84. The van der Waals surface area contributed by atoms with E-state index in [0.29, 0.717) is 28.9 Å². The van der Waals surface area contributed by atoms with Crippen molar-refractivity contribution in [1.29, 1.82) is 0 Å². The molecule has 6 rings (SSSR count). The molecule has 0 aliphatic heterocycles. The third-order valence-corrected chi connectivity index (χ3v) is 5.49. The van der Waals surface area contributed by atoms with Crippen LogP contribution in [-0.2, 0) is 12.4 Å². The highest BCUT2D eigenvalue weighted by molar-refractivity contribution is 6.31. The summed E-state index contributed by atoms with van der Waals surface area (Å²) < 4.78 is 83.5. The van der Waals surface area contributed by atoms with Gasteiger partial charge >= 0.3 is 12.4 Å². The standard InChI is InChI=1S/C14H8F3NO.C8H5BO.C6H3ClF3N.H2O2/c15-14(16,17)10-5-6-11(18-8-10)13-7-9-3-1-2-4-12(9)19-13;9-8-5-6-3-1-2-4-7(6)10-8;7-5-2-1-4(3-11-5)6(8,9)10;1-2/h1-8H;1-5H;1-3H;1-2H. The van der Waals surface area contributed by atoms with Crippen molar-refractivity contribution < 1.29 is 45.7 Å². The zero-order chi connectivity index (χ0) is 30.9. The number of para-hydroxylation sites is 2. The molecule has 14 heteroatoms. The first-order valence-corrected chi connectivity index (χ1v) is 11.9. The summed E-state index contributed by atoms with van der Waals surface area (Å²) in [4.78, 5) is 7.09. The van der Waals surface area contributed by atoms with Gasteiger partial charge in [0.05, 0.1) is 11.1 Å². The Balaban J connectivity index is 0.000000180. The minimum absolute atomic E-state index is 0.0537. The van der Waals surface area contributed by atoms with Gasteiger partial charge in [-0.05, 0) is 48.5 Å². The fourth-order valence-corrected chi connectivity index (χ4v) is 3.47. The molecule has 0 saturated heterocycles. The van der Waals surface area contributed by atoms with Gasteiger partial charge in [-0.25, -0.2) is 4.98 Å². The van der Waals surface area contributed by atoms with Crippen LogP contribution >= 0.6 is 11.6 Å². The third-order valence-electron chi connectivity index (χ3n) is 5.27. The van der Waals surface area contributed by atoms with Crippen LogP contribution in [0.4, 0.5) is 26.3 Å². The van der Waals surface area contributed by atoms with Gasteiger partial charge in [0.15, 0.2) is 13.6 Å². The van der Waals surface area contributed by atoms with Crippen molar-refractivity contribution in [1.82, 2.24) is 9.97 Å². The van der Waals surface area contributed by atoms with E-state index in [1.807, 2.05) is 48.5 Å². The van der Waals surface area contributed by atoms with Crippen molar-refractivity contribution in [3.05, 3.63) is 114 Å². The van der Waals surface area contributed by atoms with Crippen LogP contribution in [0.3, 0.4) is 0 Å². The molecule has 0 fully saturated rings. The number of pyridine rings is 2. The molecule has 0 spiro atoms. The fraction of sp³-hybridized carbons (Fsp3) is 0.0714. The summed E-state index contributed by atoms with van der Waals surface area (Å²) in [5.74, 6) is 0.454. The molecule has 0 saturated carbocycles. The molecule has 216 valence electrons. The van der Waals surface area contributed by atoms with E-state index in [4.69, 9.17) is 38.8 Å². The number of alkyl halides is 6. The molecule has 0 aliphatic carbocycles. The van der Waals surface area contributed by atoms with Crippen LogP contribution in [0.2, 0.25) is 5.15 Å². The predicted octanol–water partition coefficient (Wildman–Crippen LogP) is 8.51. The highest BCUT2D eigenvalue weighted by Gasteiger charge is 2.31. The topological polar surface area (TPSA) is 92.5 Å². The average Bonchev–Trinajstić information content (AvgIpc) is 3.57. The first-order valence-electron chi connectivity index (χ1n) is 11.5. The van der Waals surface area contributed by atoms with Crippen LogP contribution in [0.5, 0.6) is 0 Å². The Kier molecular flexibility index (Phi) is 10.8. The lowest BCUT2D eigenvalue weighted by Gasteiger charge is -2.05. The van der Waals surface area contributed by atoms with E-state index in [1.165, 1.54) is 6.07 Å². The van der Waals surface area contributed by atoms with Gasteiger partial charge in [-0.2, -0.15) is 26.3 Å². The summed E-state index contributed by atoms with van der Waals surface area (Å²) in [5.41, 5.74) is 0.818. The van der Waals surface area contributed by atoms with E-state index >= 15 is 0 Å². The molecule has 4 aromatic heterocycles. The Bertz CT molecular complexity index is 1640. The molecule has 0 amide bonds. The number of aromatic nitrogens is 2. The fourth-order valence-electron chi connectivity index (χ4n) is 3.36. The van der Waals surface area contributed by atoms with Crippen molar-refractivity contribution in [3.63, 3.8) is 0 Å². The number of hydrogen-bond donors (Lipinski definition) is 2. The Morgan fingerprint density at radius 2 is 1.14 bits per heavy atom. The second-order valence-corrected chi connectivity index (χ2v) is 8.52. The largest absolute Gasteiger partial charge is 0.473 e. The molecule has 0 bridgehead atoms. The molecule has 0 unspecified atom stereocenters. The maximum absolute atomic E-state index is 12.4. The van der Waals surface area contributed by atoms with Gasteiger partial charge in [-0.1, -0.05) is 48.0 Å². The smallest absolute Gasteiger partial charge is 0.417 e. The highest BCUT2D eigenvalue weighted by Crippen LogP contribution is 2.31. The SMILES string of the molecule is FC(F)(F)c1ccc(-c2cc3ccccc3o2)nc1.FC(F)(F)c1ccc(Cl)nc1.OO.[B]c1cc2ccccc2o1. The Morgan fingerprint density at radius 1 is 0.643 bits per heavy atom. The van der Waals surface area contributed by atoms with E-state index in [9.17, 15) is 26.3 Å². The van der Waals surface area contributed by atoms with Crippen LogP contribution in [-0.4, -0.2) is 28.3 Å². The molecule has 6 aromatic rings. The number of halogens is 7. The number of rotatable bonds is 1. The Hall–Kier alpha value is -4.33. The van der Waals surface area contributed by atoms with Crippen LogP contribution in [0.25, 0.3) is 33.4 Å². The molecular formula is C28H18BClF6N2O4. The molecule has 2 N–H and O–H groups in total. The number of furan rings is 2. The predicted molar refractivity (Wildman–Crippen MR) is 146 cm³/mol. The number of fused-ring (bicyclic) bond motifs is 2. The lowest BCUT2D eigenvalue weighted by atomic mass is 10.1. The highest BCUT2D eigenvalue weighted by atomic mass is 35.5. The molecule has 2 aromatic carbocycles. The number of nitrogens with zero attached hydrogens (tertiary/aromatic N) is 2. The normalized spacial score (nSPS) is 11.1. The second-order valence-electron chi connectivity index (χ2n) is 8.13. The summed E-state index contributed by atoms with van der Waals surface area (Å²) in [6.45, 7) is 0. The van der Waals surface area contributed by atoms with Crippen molar-refractivity contribution in [2.45, 2.75) is 12.4 Å². The van der Waals surface area contributed by atoms with E-state index in [2.05, 4.69) is 9.97 Å². The second kappa shape index (κ2) is 14.0. The van der Waals surface area contributed by atoms with Crippen molar-refractivity contribution in [3.8, 4) is 11.5 Å². The van der Waals surface area contributed by atoms with Crippen LogP contribution < -0.4 is 5.66 Å². The lowest BCUT2D eigenvalue weighted by Crippen LogP contribution is -2.05. The zero-order valence-corrected chi connectivity index (χ0v) is 21.8. The number of benzene rings is 2. The average molecular weight is 607 g/mol. The van der Waals surface area contributed by atoms with Gasteiger partial charge in [-0.3, -0.25) is 15.5 Å². The quantitative estimate of drug-likeness (QED) is 0.0641. The lowest BCUT2D eigenvalue weighted by molar-refractivity contribution is -0.176. The number of hydrogen-bond acceptors (Lipinski definition) is 6. The van der Waals surface area contributed by atoms with Gasteiger partial charge in [0, 0.05) is 28.8 Å². The van der Waals surface area contributed by atoms with Gasteiger partial charge < -0.3 is 8.83 Å². The molecule has 6 nitrogen and oxygen atoms in total. The van der Waals surface area contributed by atoms with Crippen LogP contribution in [0.15, 0.2) is 106 Å². The van der Waals surface area contributed by atoms with E-state index in [-0.39, 0.29) is 5.15 Å². The zero-order valence-electron chi connectivity index (χ0n) is 21.1. The van der Waals surface area contributed by atoms with Gasteiger partial charge in [0.1, 0.15) is 22.0 Å². The van der Waals surface area contributed by atoms with Gasteiger partial charge in [0.2, 0.25) is 0 Å². The first kappa shape index (κ1) is 32.2. The van der Waals surface area contributed by atoms with E-state index < -0.39 is 23.5 Å². The molecular weight excluding hydrogens is 589 g/mol. The van der Waals surface area contributed by atoms with E-state index in [0.717, 1.165) is 40.8 Å². The maximum atomic E-state index is 12.4. The molecule has 0 aliphatic rings. The van der Waals surface area contributed by atoms with Gasteiger partial charge in [0.25, 0.3) is 0 Å². The summed E-state index contributed by atoms with van der Waals surface area (Å²) in [5, 5.41) is 14.0. The summed E-state index contributed by atoms with van der Waals surface area (Å²) in [7, 11) is 5.42. The summed E-state index contributed by atoms with van der Waals surface area (Å²) in [6.07, 6.45) is -7.21. The van der Waals surface area contributed by atoms with Crippen molar-refractivity contribution in [2.24, 2.45) is 0 Å². The maximum Gasteiger partial charge on any atom is 0.417 e. The van der Waals surface area contributed by atoms with Crippen LogP contribution in [0.1, 0.15) is 11.1 Å². The monoisotopic (exact) mass is 606 g/mol. The van der Waals surface area contributed by atoms with Crippen LogP contribution in [0, 0.1) is 0 Å². The molecule has 4 heterocycles. The van der Waals surface area contributed by atoms with Gasteiger partial charge in [-0.15, -0.1) is 0 Å². The Morgan fingerprint density at radius 3 is 1.60 bits per heavy atom. The minimum Gasteiger partial charge on any atom is -0.473 e. The molecule has 42 heavy (non-hydrogen) atoms. The van der Waals surface area contributed by atoms with Crippen molar-refractivity contribution >= 4 is 47.0 Å². The first-order chi connectivity index (χ1) is 19.9. The minimum atomic E-state index is -4.38. The summed E-state index contributed by atoms with van der Waals surface area (Å²) in [6, 6.07) is 23.0. The Labute approximate surface area is 240 Å². The van der Waals surface area contributed by atoms with Crippen molar-refractivity contribution in [2.75, 3.05) is 0 Å². The molecule has 0 atom stereocenters. The molecule has 2 radical (unpaired) electrons.